The first-order valence-electron chi connectivity index (χ1n) is 8.89. The van der Waals surface area contributed by atoms with Gasteiger partial charge in [0.15, 0.2) is 11.5 Å². The molecular formula is C22H25N2O2+. The maximum atomic E-state index is 5.92. The zero-order valence-corrected chi connectivity index (χ0v) is 15.1. The third kappa shape index (κ3) is 5.33. The summed E-state index contributed by atoms with van der Waals surface area (Å²) in [6, 6.07) is 20.6. The lowest BCUT2D eigenvalue weighted by molar-refractivity contribution is -0.686. The van der Waals surface area contributed by atoms with E-state index in [1.54, 1.807) is 7.11 Å². The highest BCUT2D eigenvalue weighted by molar-refractivity contribution is 5.42. The summed E-state index contributed by atoms with van der Waals surface area (Å²) in [5.41, 5.74) is 3.76. The van der Waals surface area contributed by atoms with E-state index in [1.165, 1.54) is 16.7 Å². The van der Waals surface area contributed by atoms with Crippen molar-refractivity contribution in [1.82, 2.24) is 4.98 Å². The maximum Gasteiger partial charge on any atom is 0.161 e. The van der Waals surface area contributed by atoms with Crippen molar-refractivity contribution in [3.63, 3.8) is 0 Å². The van der Waals surface area contributed by atoms with E-state index in [4.69, 9.17) is 9.47 Å². The highest BCUT2D eigenvalue weighted by atomic mass is 16.5. The predicted molar refractivity (Wildman–Crippen MR) is 102 cm³/mol. The van der Waals surface area contributed by atoms with E-state index < -0.39 is 0 Å². The molecule has 0 aliphatic heterocycles. The molecule has 26 heavy (non-hydrogen) atoms. The minimum absolute atomic E-state index is 0.633. The van der Waals surface area contributed by atoms with E-state index in [1.807, 2.05) is 48.8 Å². The van der Waals surface area contributed by atoms with Crippen LogP contribution in [0.5, 0.6) is 11.5 Å². The fraction of sp³-hybridized carbons (Fsp3) is 0.227. The summed E-state index contributed by atoms with van der Waals surface area (Å²) in [7, 11) is 1.68. The van der Waals surface area contributed by atoms with E-state index >= 15 is 0 Å². The van der Waals surface area contributed by atoms with E-state index in [0.29, 0.717) is 6.61 Å². The topological polar surface area (TPSA) is 48.0 Å². The lowest BCUT2D eigenvalue weighted by Crippen LogP contribution is -2.80. The molecule has 0 atom stereocenters. The Balaban J connectivity index is 1.51. The Bertz CT molecular complexity index is 792. The van der Waals surface area contributed by atoms with E-state index in [2.05, 4.69) is 34.6 Å². The van der Waals surface area contributed by atoms with Gasteiger partial charge in [-0.2, -0.15) is 0 Å². The molecule has 3 rings (SSSR count). The van der Waals surface area contributed by atoms with Crippen LogP contribution in [0.1, 0.15) is 16.7 Å². The molecule has 0 aliphatic rings. The monoisotopic (exact) mass is 349 g/mol. The van der Waals surface area contributed by atoms with Gasteiger partial charge < -0.3 is 14.8 Å². The highest BCUT2D eigenvalue weighted by Gasteiger charge is 2.07. The molecule has 1 aromatic heterocycles. The smallest absolute Gasteiger partial charge is 0.161 e. The number of hydrogen-bond donors (Lipinski definition) is 1. The number of methoxy groups -OCH3 is 1. The Labute approximate surface area is 154 Å². The van der Waals surface area contributed by atoms with Crippen LogP contribution < -0.4 is 14.8 Å². The van der Waals surface area contributed by atoms with Gasteiger partial charge in [-0.3, -0.25) is 4.98 Å². The van der Waals surface area contributed by atoms with Crippen LogP contribution in [0.2, 0.25) is 0 Å². The van der Waals surface area contributed by atoms with E-state index in [0.717, 1.165) is 31.0 Å². The summed E-state index contributed by atoms with van der Waals surface area (Å²) in [6.07, 6.45) is 4.53. The van der Waals surface area contributed by atoms with Crippen LogP contribution in [0.15, 0.2) is 73.1 Å². The molecule has 0 saturated carbocycles. The number of benzene rings is 2. The Kier molecular flexibility index (Phi) is 6.62. The van der Waals surface area contributed by atoms with Crippen molar-refractivity contribution < 1.29 is 14.8 Å². The third-order valence-corrected chi connectivity index (χ3v) is 4.23. The second-order valence-electron chi connectivity index (χ2n) is 6.12. The van der Waals surface area contributed by atoms with Gasteiger partial charge >= 0.3 is 0 Å². The minimum Gasteiger partial charge on any atom is -0.493 e. The minimum atomic E-state index is 0.633. The quantitative estimate of drug-likeness (QED) is 0.646. The first kappa shape index (κ1) is 18.0. The van der Waals surface area contributed by atoms with E-state index in [-0.39, 0.29) is 0 Å². The summed E-state index contributed by atoms with van der Waals surface area (Å²) < 4.78 is 11.4. The van der Waals surface area contributed by atoms with Crippen molar-refractivity contribution in [2.45, 2.75) is 19.5 Å². The van der Waals surface area contributed by atoms with Gasteiger partial charge in [0, 0.05) is 29.9 Å². The second kappa shape index (κ2) is 9.59. The van der Waals surface area contributed by atoms with Crippen molar-refractivity contribution in [2.75, 3.05) is 13.7 Å². The van der Waals surface area contributed by atoms with Crippen molar-refractivity contribution in [2.24, 2.45) is 0 Å². The SMILES string of the molecule is COc1cc(C[NH2+]Cc2ccncc2)ccc1OCCc1ccccc1. The van der Waals surface area contributed by atoms with Gasteiger partial charge in [0.25, 0.3) is 0 Å². The highest BCUT2D eigenvalue weighted by Crippen LogP contribution is 2.28. The molecular weight excluding hydrogens is 324 g/mol. The van der Waals surface area contributed by atoms with Crippen LogP contribution in [0.3, 0.4) is 0 Å². The fourth-order valence-electron chi connectivity index (χ4n) is 2.81. The van der Waals surface area contributed by atoms with Gasteiger partial charge in [-0.15, -0.1) is 0 Å². The molecule has 0 saturated heterocycles. The average Bonchev–Trinajstić information content (AvgIpc) is 2.70. The van der Waals surface area contributed by atoms with Gasteiger partial charge in [0.1, 0.15) is 13.1 Å². The Morgan fingerprint density at radius 2 is 1.58 bits per heavy atom. The zero-order chi connectivity index (χ0) is 18.0. The summed E-state index contributed by atoms with van der Waals surface area (Å²) in [6.45, 7) is 2.46. The van der Waals surface area contributed by atoms with Gasteiger partial charge in [-0.25, -0.2) is 0 Å². The number of nitrogens with zero attached hydrogens (tertiary/aromatic N) is 1. The number of pyridine rings is 1. The molecule has 0 aliphatic carbocycles. The average molecular weight is 349 g/mol. The Hall–Kier alpha value is -2.85. The molecule has 0 radical (unpaired) electrons. The van der Waals surface area contributed by atoms with Crippen molar-refractivity contribution in [1.29, 1.82) is 0 Å². The number of quaternary nitrogens is 1. The first-order valence-corrected chi connectivity index (χ1v) is 8.89. The summed E-state index contributed by atoms with van der Waals surface area (Å²) in [4.78, 5) is 4.04. The predicted octanol–water partition coefficient (Wildman–Crippen LogP) is 2.98. The van der Waals surface area contributed by atoms with Crippen LogP contribution >= 0.6 is 0 Å². The van der Waals surface area contributed by atoms with Crippen molar-refractivity contribution in [3.05, 3.63) is 89.7 Å². The van der Waals surface area contributed by atoms with E-state index in [9.17, 15) is 0 Å². The third-order valence-electron chi connectivity index (χ3n) is 4.23. The molecule has 0 bridgehead atoms. The number of nitrogens with two attached hydrogens (primary N) is 1. The molecule has 0 unspecified atom stereocenters. The zero-order valence-electron chi connectivity index (χ0n) is 15.1. The molecule has 134 valence electrons. The lowest BCUT2D eigenvalue weighted by Gasteiger charge is -2.12. The summed E-state index contributed by atoms with van der Waals surface area (Å²) >= 11 is 0. The molecule has 2 aromatic carbocycles. The number of rotatable bonds is 9. The second-order valence-corrected chi connectivity index (χ2v) is 6.12. The van der Waals surface area contributed by atoms with Gasteiger partial charge in [-0.05, 0) is 35.9 Å². The lowest BCUT2D eigenvalue weighted by atomic mass is 10.1. The first-order chi connectivity index (χ1) is 12.8. The van der Waals surface area contributed by atoms with Crippen LogP contribution in [0.4, 0.5) is 0 Å². The van der Waals surface area contributed by atoms with Crippen LogP contribution in [-0.4, -0.2) is 18.7 Å². The molecule has 4 heteroatoms. The van der Waals surface area contributed by atoms with Gasteiger partial charge in [-0.1, -0.05) is 30.3 Å². The molecule has 4 nitrogen and oxygen atoms in total. The van der Waals surface area contributed by atoms with Crippen molar-refractivity contribution >= 4 is 0 Å². The Morgan fingerprint density at radius 1 is 0.808 bits per heavy atom. The van der Waals surface area contributed by atoms with Crippen LogP contribution in [-0.2, 0) is 19.5 Å². The molecule has 2 N–H and O–H groups in total. The summed E-state index contributed by atoms with van der Waals surface area (Å²) in [5.74, 6) is 1.58. The molecule has 1 heterocycles. The van der Waals surface area contributed by atoms with Gasteiger partial charge in [0.2, 0.25) is 0 Å². The summed E-state index contributed by atoms with van der Waals surface area (Å²) in [5, 5.41) is 2.26. The largest absolute Gasteiger partial charge is 0.493 e. The molecule has 0 amide bonds. The number of aromatic nitrogens is 1. The maximum absolute atomic E-state index is 5.92. The van der Waals surface area contributed by atoms with Crippen LogP contribution in [0, 0.1) is 0 Å². The molecule has 0 spiro atoms. The van der Waals surface area contributed by atoms with Crippen molar-refractivity contribution in [3.8, 4) is 11.5 Å². The number of hydrogen-bond acceptors (Lipinski definition) is 3. The number of ether oxygens (including phenoxy) is 2. The molecule has 0 fully saturated rings. The standard InChI is InChI=1S/C22H24N2O2/c1-25-22-15-20(17-24-16-19-9-12-23-13-10-19)7-8-21(22)26-14-11-18-5-3-2-4-6-18/h2-10,12-13,15,24H,11,14,16-17H2,1H3/p+1. The fourth-order valence-corrected chi connectivity index (χ4v) is 2.81. The Morgan fingerprint density at radius 3 is 2.35 bits per heavy atom. The molecule has 3 aromatic rings. The van der Waals surface area contributed by atoms with Crippen LogP contribution in [0.25, 0.3) is 0 Å². The normalized spacial score (nSPS) is 10.5. The van der Waals surface area contributed by atoms with Gasteiger partial charge in [0.05, 0.1) is 13.7 Å².